The SMILES string of the molecule is Clc1ccc(COc2cccc(CNCCC3=CCCCC3)c2)cc1Cl. The van der Waals surface area contributed by atoms with Gasteiger partial charge in [0, 0.05) is 6.54 Å². The Hall–Kier alpha value is -1.48. The first kappa shape index (κ1) is 19.3. The van der Waals surface area contributed by atoms with Gasteiger partial charge in [-0.05, 0) is 74.0 Å². The Balaban J connectivity index is 1.45. The van der Waals surface area contributed by atoms with E-state index in [1.54, 1.807) is 11.6 Å². The van der Waals surface area contributed by atoms with Crippen LogP contribution in [0.3, 0.4) is 0 Å². The number of allylic oxidation sites excluding steroid dienone is 1. The first-order valence-corrected chi connectivity index (χ1v) is 10.0. The number of benzene rings is 2. The van der Waals surface area contributed by atoms with Crippen LogP contribution in [0.25, 0.3) is 0 Å². The van der Waals surface area contributed by atoms with Crippen molar-refractivity contribution >= 4 is 23.2 Å². The highest BCUT2D eigenvalue weighted by Gasteiger charge is 2.04. The van der Waals surface area contributed by atoms with E-state index in [1.807, 2.05) is 24.3 Å². The number of nitrogens with one attached hydrogen (secondary N) is 1. The molecular weight excluding hydrogens is 365 g/mol. The Morgan fingerprint density at radius 1 is 0.962 bits per heavy atom. The molecule has 0 heterocycles. The molecule has 0 bridgehead atoms. The Labute approximate surface area is 166 Å². The van der Waals surface area contributed by atoms with Crippen molar-refractivity contribution in [3.8, 4) is 5.75 Å². The van der Waals surface area contributed by atoms with E-state index < -0.39 is 0 Å². The predicted octanol–water partition coefficient (Wildman–Crippen LogP) is 6.55. The molecule has 0 aliphatic heterocycles. The fourth-order valence-corrected chi connectivity index (χ4v) is 3.48. The van der Waals surface area contributed by atoms with Crippen molar-refractivity contribution in [3.05, 3.63) is 75.3 Å². The molecule has 138 valence electrons. The molecule has 0 amide bonds. The molecule has 0 aromatic heterocycles. The Bertz CT molecular complexity index is 758. The van der Waals surface area contributed by atoms with Crippen LogP contribution < -0.4 is 10.1 Å². The van der Waals surface area contributed by atoms with Gasteiger partial charge in [-0.3, -0.25) is 0 Å². The van der Waals surface area contributed by atoms with Crippen molar-refractivity contribution in [2.24, 2.45) is 0 Å². The van der Waals surface area contributed by atoms with Crippen molar-refractivity contribution in [1.29, 1.82) is 0 Å². The van der Waals surface area contributed by atoms with Crippen LogP contribution in [0.2, 0.25) is 10.0 Å². The van der Waals surface area contributed by atoms with Crippen molar-refractivity contribution in [2.45, 2.75) is 45.3 Å². The predicted molar refractivity (Wildman–Crippen MR) is 110 cm³/mol. The third-order valence-electron chi connectivity index (χ3n) is 4.63. The van der Waals surface area contributed by atoms with Crippen LogP contribution in [0.5, 0.6) is 5.75 Å². The molecule has 0 saturated carbocycles. The van der Waals surface area contributed by atoms with Crippen LogP contribution in [0.15, 0.2) is 54.1 Å². The van der Waals surface area contributed by atoms with E-state index in [2.05, 4.69) is 23.5 Å². The van der Waals surface area contributed by atoms with E-state index >= 15 is 0 Å². The molecule has 2 aromatic rings. The molecule has 1 aliphatic carbocycles. The zero-order chi connectivity index (χ0) is 18.2. The molecule has 0 unspecified atom stereocenters. The van der Waals surface area contributed by atoms with Gasteiger partial charge in [-0.2, -0.15) is 0 Å². The highest BCUT2D eigenvalue weighted by molar-refractivity contribution is 6.42. The van der Waals surface area contributed by atoms with Crippen LogP contribution in [0, 0.1) is 0 Å². The molecule has 0 atom stereocenters. The molecular formula is C22H25Cl2NO. The first-order chi connectivity index (χ1) is 12.7. The molecule has 3 rings (SSSR count). The van der Waals surface area contributed by atoms with E-state index in [4.69, 9.17) is 27.9 Å². The van der Waals surface area contributed by atoms with Gasteiger partial charge in [0.15, 0.2) is 0 Å². The second-order valence-corrected chi connectivity index (χ2v) is 7.53. The van der Waals surface area contributed by atoms with Gasteiger partial charge in [-0.25, -0.2) is 0 Å². The van der Waals surface area contributed by atoms with Gasteiger partial charge < -0.3 is 10.1 Å². The van der Waals surface area contributed by atoms with Crippen molar-refractivity contribution < 1.29 is 4.74 Å². The van der Waals surface area contributed by atoms with Gasteiger partial charge in [-0.15, -0.1) is 0 Å². The summed E-state index contributed by atoms with van der Waals surface area (Å²) in [6.07, 6.45) is 8.82. The average molecular weight is 390 g/mol. The summed E-state index contributed by atoms with van der Waals surface area (Å²) in [7, 11) is 0. The molecule has 1 aliphatic rings. The molecule has 2 nitrogen and oxygen atoms in total. The molecule has 0 radical (unpaired) electrons. The highest BCUT2D eigenvalue weighted by atomic mass is 35.5. The zero-order valence-electron chi connectivity index (χ0n) is 14.9. The highest BCUT2D eigenvalue weighted by Crippen LogP contribution is 2.24. The maximum atomic E-state index is 6.05. The van der Waals surface area contributed by atoms with Crippen LogP contribution in [0.1, 0.15) is 43.2 Å². The van der Waals surface area contributed by atoms with Gasteiger partial charge in [-0.1, -0.05) is 53.1 Å². The topological polar surface area (TPSA) is 21.3 Å². The summed E-state index contributed by atoms with van der Waals surface area (Å²) in [5.41, 5.74) is 3.85. The van der Waals surface area contributed by atoms with Gasteiger partial charge in [0.25, 0.3) is 0 Å². The summed E-state index contributed by atoms with van der Waals surface area (Å²) in [5.74, 6) is 0.866. The second-order valence-electron chi connectivity index (χ2n) is 6.72. The third kappa shape index (κ3) is 6.05. The number of hydrogen-bond donors (Lipinski definition) is 1. The zero-order valence-corrected chi connectivity index (χ0v) is 16.5. The lowest BCUT2D eigenvalue weighted by molar-refractivity contribution is 0.306. The minimum atomic E-state index is 0.474. The number of rotatable bonds is 8. The van der Waals surface area contributed by atoms with Crippen molar-refractivity contribution in [3.63, 3.8) is 0 Å². The minimum absolute atomic E-state index is 0.474. The fourth-order valence-electron chi connectivity index (χ4n) is 3.15. The summed E-state index contributed by atoms with van der Waals surface area (Å²) in [6.45, 7) is 2.36. The third-order valence-corrected chi connectivity index (χ3v) is 5.36. The summed E-state index contributed by atoms with van der Waals surface area (Å²) < 4.78 is 5.89. The maximum absolute atomic E-state index is 6.05. The van der Waals surface area contributed by atoms with Gasteiger partial charge in [0.1, 0.15) is 12.4 Å². The first-order valence-electron chi connectivity index (χ1n) is 9.25. The van der Waals surface area contributed by atoms with Gasteiger partial charge in [0.2, 0.25) is 0 Å². The Morgan fingerprint density at radius 2 is 1.88 bits per heavy atom. The summed E-state index contributed by atoms with van der Waals surface area (Å²) in [5, 5.41) is 4.65. The monoisotopic (exact) mass is 389 g/mol. The molecule has 0 spiro atoms. The molecule has 1 N–H and O–H groups in total. The van der Waals surface area contributed by atoms with E-state index in [9.17, 15) is 0 Å². The van der Waals surface area contributed by atoms with E-state index in [0.29, 0.717) is 16.7 Å². The van der Waals surface area contributed by atoms with Crippen LogP contribution in [0.4, 0.5) is 0 Å². The minimum Gasteiger partial charge on any atom is -0.489 e. The molecule has 0 saturated heterocycles. The van der Waals surface area contributed by atoms with E-state index in [-0.39, 0.29) is 0 Å². The van der Waals surface area contributed by atoms with Crippen LogP contribution >= 0.6 is 23.2 Å². The van der Waals surface area contributed by atoms with Crippen molar-refractivity contribution in [2.75, 3.05) is 6.54 Å². The number of hydrogen-bond acceptors (Lipinski definition) is 2. The molecule has 2 aromatic carbocycles. The smallest absolute Gasteiger partial charge is 0.120 e. The lowest BCUT2D eigenvalue weighted by Gasteiger charge is -2.13. The van der Waals surface area contributed by atoms with Crippen LogP contribution in [-0.4, -0.2) is 6.54 Å². The quantitative estimate of drug-likeness (QED) is 0.408. The Morgan fingerprint density at radius 3 is 2.69 bits per heavy atom. The molecule has 4 heteroatoms. The van der Waals surface area contributed by atoms with Crippen LogP contribution in [-0.2, 0) is 13.2 Å². The standard InChI is InChI=1S/C22H25Cl2NO/c23-21-10-9-19(14-22(21)24)16-26-20-8-4-7-18(13-20)15-25-12-11-17-5-2-1-3-6-17/h4-5,7-10,13-14,25H,1-3,6,11-12,15-16H2. The lowest BCUT2D eigenvalue weighted by atomic mass is 9.97. The Kier molecular flexibility index (Phi) is 7.43. The number of ether oxygens (including phenoxy) is 1. The summed E-state index contributed by atoms with van der Waals surface area (Å²) in [6, 6.07) is 13.8. The van der Waals surface area contributed by atoms with Crippen molar-refractivity contribution in [1.82, 2.24) is 5.32 Å². The lowest BCUT2D eigenvalue weighted by Crippen LogP contribution is -2.15. The largest absolute Gasteiger partial charge is 0.489 e. The van der Waals surface area contributed by atoms with Gasteiger partial charge >= 0.3 is 0 Å². The summed E-state index contributed by atoms with van der Waals surface area (Å²) in [4.78, 5) is 0. The molecule has 26 heavy (non-hydrogen) atoms. The summed E-state index contributed by atoms with van der Waals surface area (Å²) >= 11 is 12.0. The molecule has 0 fully saturated rings. The van der Waals surface area contributed by atoms with Gasteiger partial charge in [0.05, 0.1) is 10.0 Å². The second kappa shape index (κ2) is 10.0. The fraction of sp³-hybridized carbons (Fsp3) is 0.364. The maximum Gasteiger partial charge on any atom is 0.120 e. The normalized spacial score (nSPS) is 14.2. The average Bonchev–Trinajstić information content (AvgIpc) is 2.67. The number of halogens is 2. The van der Waals surface area contributed by atoms with E-state index in [1.165, 1.54) is 31.2 Å². The van der Waals surface area contributed by atoms with E-state index in [0.717, 1.165) is 30.8 Å².